The normalized spacial score (nSPS) is 10.7. The van der Waals surface area contributed by atoms with Gasteiger partial charge in [0.25, 0.3) is 5.69 Å². The van der Waals surface area contributed by atoms with Crippen LogP contribution in [0, 0.1) is 17.0 Å². The average molecular weight is 450 g/mol. The van der Waals surface area contributed by atoms with Crippen LogP contribution in [0.4, 0.5) is 10.8 Å². The van der Waals surface area contributed by atoms with Crippen molar-refractivity contribution in [2.45, 2.75) is 17.7 Å². The third kappa shape index (κ3) is 5.59. The maximum Gasteiger partial charge on any atom is 0.270 e. The fraction of sp³-hybridized carbons (Fsp3) is 0.176. The number of amides is 2. The first-order valence-electron chi connectivity index (χ1n) is 8.19. The topological polar surface area (TPSA) is 141 Å². The fourth-order valence-electron chi connectivity index (χ4n) is 2.31. The second-order valence-electron chi connectivity index (χ2n) is 5.81. The summed E-state index contributed by atoms with van der Waals surface area (Å²) in [4.78, 5) is 43.1. The van der Waals surface area contributed by atoms with Gasteiger partial charge >= 0.3 is 0 Å². The number of nitrogens with one attached hydrogen (secondary N) is 1. The molecule has 0 fully saturated rings. The summed E-state index contributed by atoms with van der Waals surface area (Å²) < 4.78 is 0.685. The van der Waals surface area contributed by atoms with E-state index in [2.05, 4.69) is 15.3 Å². The van der Waals surface area contributed by atoms with Gasteiger partial charge in [0.05, 0.1) is 28.5 Å². The maximum absolute atomic E-state index is 12.2. The molecule has 2 amide bonds. The lowest BCUT2D eigenvalue weighted by atomic mass is 10.1. The van der Waals surface area contributed by atoms with Crippen molar-refractivity contribution in [1.29, 1.82) is 0 Å². The number of nitrogens with zero attached hydrogens (tertiary/aromatic N) is 3. The minimum Gasteiger partial charge on any atom is -0.369 e. The van der Waals surface area contributed by atoms with Crippen LogP contribution < -0.4 is 11.1 Å². The van der Waals surface area contributed by atoms with Crippen LogP contribution >= 0.6 is 34.4 Å². The number of primary amides is 1. The molecular formula is C17H15N5O4S3. The Morgan fingerprint density at radius 2 is 2.14 bits per heavy atom. The number of thiazole rings is 2. The summed E-state index contributed by atoms with van der Waals surface area (Å²) in [6, 6.07) is 6.15. The van der Waals surface area contributed by atoms with E-state index >= 15 is 0 Å². The molecule has 1 aromatic carbocycles. The van der Waals surface area contributed by atoms with Crippen molar-refractivity contribution in [3.63, 3.8) is 0 Å². The highest BCUT2D eigenvalue weighted by Gasteiger charge is 2.14. The summed E-state index contributed by atoms with van der Waals surface area (Å²) in [5.41, 5.74) is 7.07. The summed E-state index contributed by atoms with van der Waals surface area (Å²) in [7, 11) is 0. The molecule has 0 spiro atoms. The van der Waals surface area contributed by atoms with Crippen molar-refractivity contribution in [2.24, 2.45) is 5.73 Å². The minimum atomic E-state index is -0.467. The summed E-state index contributed by atoms with van der Waals surface area (Å²) in [5.74, 6) is -0.539. The molecule has 29 heavy (non-hydrogen) atoms. The average Bonchev–Trinajstić information content (AvgIpc) is 3.26. The predicted octanol–water partition coefficient (Wildman–Crippen LogP) is 3.24. The Hall–Kier alpha value is -2.83. The Bertz CT molecular complexity index is 1080. The SMILES string of the molecule is Cc1nc(SCC(=O)Nc2nc(-c3cccc([N+](=O)[O-])c3)cs2)sc1CC(N)=O. The van der Waals surface area contributed by atoms with Crippen LogP contribution in [0.15, 0.2) is 34.0 Å². The second kappa shape index (κ2) is 9.11. The number of hydrogen-bond donors (Lipinski definition) is 2. The van der Waals surface area contributed by atoms with Gasteiger partial charge in [-0.2, -0.15) is 0 Å². The number of anilines is 1. The number of nitrogens with two attached hydrogens (primary N) is 1. The van der Waals surface area contributed by atoms with Gasteiger partial charge < -0.3 is 11.1 Å². The van der Waals surface area contributed by atoms with Crippen LogP contribution in [0.3, 0.4) is 0 Å². The molecule has 2 aromatic heterocycles. The first-order valence-corrected chi connectivity index (χ1v) is 10.9. The lowest BCUT2D eigenvalue weighted by Gasteiger charge is -2.00. The lowest BCUT2D eigenvalue weighted by Crippen LogP contribution is -2.13. The number of carbonyl (C=O) groups is 2. The molecule has 2 heterocycles. The van der Waals surface area contributed by atoms with Crippen LogP contribution in [0.5, 0.6) is 0 Å². The summed E-state index contributed by atoms with van der Waals surface area (Å²) >= 11 is 3.84. The zero-order chi connectivity index (χ0) is 21.0. The first kappa shape index (κ1) is 20.9. The number of hydrogen-bond acceptors (Lipinski definition) is 9. The zero-order valence-corrected chi connectivity index (χ0v) is 17.5. The van der Waals surface area contributed by atoms with Gasteiger partial charge in [-0.1, -0.05) is 23.9 Å². The molecule has 9 nitrogen and oxygen atoms in total. The van der Waals surface area contributed by atoms with Gasteiger partial charge in [-0.3, -0.25) is 19.7 Å². The van der Waals surface area contributed by atoms with E-state index in [9.17, 15) is 19.7 Å². The van der Waals surface area contributed by atoms with Gasteiger partial charge in [0.15, 0.2) is 9.47 Å². The highest BCUT2D eigenvalue weighted by Crippen LogP contribution is 2.29. The lowest BCUT2D eigenvalue weighted by molar-refractivity contribution is -0.384. The van der Waals surface area contributed by atoms with E-state index in [0.717, 1.165) is 10.6 Å². The van der Waals surface area contributed by atoms with E-state index in [1.807, 2.05) is 0 Å². The van der Waals surface area contributed by atoms with Crippen molar-refractivity contribution >= 4 is 57.1 Å². The molecular weight excluding hydrogens is 434 g/mol. The molecule has 0 aliphatic rings. The van der Waals surface area contributed by atoms with Crippen molar-refractivity contribution in [2.75, 3.05) is 11.1 Å². The van der Waals surface area contributed by atoms with E-state index in [-0.39, 0.29) is 23.8 Å². The Labute approximate surface area is 177 Å². The standard InChI is InChI=1S/C17H15N5O4S3/c1-9-13(6-14(18)23)29-17(19-9)28-8-15(24)21-16-20-12(7-27-16)10-3-2-4-11(5-10)22(25)26/h2-5,7H,6,8H2,1H3,(H2,18,23)(H,20,21,24). The number of nitro groups is 1. The Morgan fingerprint density at radius 3 is 2.86 bits per heavy atom. The first-order chi connectivity index (χ1) is 13.8. The van der Waals surface area contributed by atoms with Crippen LogP contribution in [0.2, 0.25) is 0 Å². The molecule has 0 saturated heterocycles. The van der Waals surface area contributed by atoms with Crippen LogP contribution in [0.25, 0.3) is 11.3 Å². The van der Waals surface area contributed by atoms with E-state index in [1.165, 1.54) is 46.6 Å². The number of aryl methyl sites for hydroxylation is 1. The summed E-state index contributed by atoms with van der Waals surface area (Å²) in [6.07, 6.45) is 0.135. The fourth-order valence-corrected chi connectivity index (χ4v) is 5.09. The quantitative estimate of drug-likeness (QED) is 0.305. The molecule has 3 aromatic rings. The molecule has 0 bridgehead atoms. The van der Waals surface area contributed by atoms with Crippen LogP contribution in [-0.2, 0) is 16.0 Å². The van der Waals surface area contributed by atoms with Gasteiger partial charge in [0.1, 0.15) is 0 Å². The molecule has 0 aliphatic heterocycles. The third-order valence-electron chi connectivity index (χ3n) is 3.64. The number of aromatic nitrogens is 2. The Kier molecular flexibility index (Phi) is 6.56. The van der Waals surface area contributed by atoms with Gasteiger partial charge in [-0.15, -0.1) is 22.7 Å². The third-order valence-corrected chi connectivity index (χ3v) is 6.70. The van der Waals surface area contributed by atoms with Crippen LogP contribution in [-0.4, -0.2) is 32.5 Å². The highest BCUT2D eigenvalue weighted by atomic mass is 32.2. The minimum absolute atomic E-state index is 0.0214. The van der Waals surface area contributed by atoms with E-state index in [1.54, 1.807) is 24.4 Å². The van der Waals surface area contributed by atoms with Crippen molar-refractivity contribution in [1.82, 2.24) is 9.97 Å². The molecule has 12 heteroatoms. The van der Waals surface area contributed by atoms with Crippen molar-refractivity contribution < 1.29 is 14.5 Å². The molecule has 0 aliphatic carbocycles. The molecule has 0 atom stereocenters. The van der Waals surface area contributed by atoms with Gasteiger partial charge in [-0.05, 0) is 6.92 Å². The number of nitro benzene ring substituents is 1. The number of non-ortho nitro benzene ring substituents is 1. The zero-order valence-electron chi connectivity index (χ0n) is 15.1. The van der Waals surface area contributed by atoms with Crippen molar-refractivity contribution in [3.8, 4) is 11.3 Å². The Balaban J connectivity index is 1.59. The number of benzene rings is 1. The maximum atomic E-state index is 12.2. The monoisotopic (exact) mass is 449 g/mol. The van der Waals surface area contributed by atoms with Gasteiger partial charge in [0.2, 0.25) is 11.8 Å². The van der Waals surface area contributed by atoms with E-state index < -0.39 is 10.8 Å². The second-order valence-corrected chi connectivity index (χ2v) is 8.98. The molecule has 0 saturated carbocycles. The van der Waals surface area contributed by atoms with E-state index in [4.69, 9.17) is 5.73 Å². The molecule has 3 N–H and O–H groups in total. The molecule has 150 valence electrons. The van der Waals surface area contributed by atoms with Gasteiger partial charge in [-0.25, -0.2) is 9.97 Å². The van der Waals surface area contributed by atoms with Crippen LogP contribution in [0.1, 0.15) is 10.6 Å². The Morgan fingerprint density at radius 1 is 1.34 bits per heavy atom. The largest absolute Gasteiger partial charge is 0.369 e. The summed E-state index contributed by atoms with van der Waals surface area (Å²) in [6.45, 7) is 1.80. The number of rotatable bonds is 8. The highest BCUT2D eigenvalue weighted by molar-refractivity contribution is 8.01. The molecule has 3 rings (SSSR count). The van der Waals surface area contributed by atoms with E-state index in [0.29, 0.717) is 20.7 Å². The molecule has 0 radical (unpaired) electrons. The number of carbonyl (C=O) groups excluding carboxylic acids is 2. The van der Waals surface area contributed by atoms with Gasteiger partial charge in [0, 0.05) is 28.0 Å². The van der Waals surface area contributed by atoms with Crippen molar-refractivity contribution in [3.05, 3.63) is 50.3 Å². The number of thioether (sulfide) groups is 1. The smallest absolute Gasteiger partial charge is 0.270 e. The summed E-state index contributed by atoms with van der Waals surface area (Å²) in [5, 5.41) is 15.7. The molecule has 0 unspecified atom stereocenters. The predicted molar refractivity (Wildman–Crippen MR) is 113 cm³/mol.